The number of aliphatic hydroxyl groups is 1. The molecule has 0 aromatic carbocycles. The van der Waals surface area contributed by atoms with Gasteiger partial charge in [-0.2, -0.15) is 0 Å². The fourth-order valence-electron chi connectivity index (χ4n) is 0.867. The third-order valence-corrected chi connectivity index (χ3v) is 1.70. The molecule has 0 aromatic rings. The number of hydrogen-bond donors (Lipinski definition) is 3. The molecular weight excluding hydrogens is 132 g/mol. The van der Waals surface area contributed by atoms with Crippen LogP contribution in [-0.2, 0) is 0 Å². The van der Waals surface area contributed by atoms with Gasteiger partial charge in [0, 0.05) is 25.6 Å². The van der Waals surface area contributed by atoms with Crippen LogP contribution in [0.15, 0.2) is 0 Å². The molecule has 4 nitrogen and oxygen atoms in total. The smallest absolute Gasteiger partial charge is 0.314 e. The minimum Gasteiger partial charge on any atom is -0.396 e. The van der Waals surface area contributed by atoms with Crippen molar-refractivity contribution in [2.45, 2.75) is 12.5 Å². The van der Waals surface area contributed by atoms with Crippen molar-refractivity contribution in [3.05, 3.63) is 0 Å². The molecule has 4 heteroatoms. The monoisotopic (exact) mass is 144 g/mol. The number of hydrogen-bond acceptors (Lipinski definition) is 2. The van der Waals surface area contributed by atoms with Crippen molar-refractivity contribution < 1.29 is 9.90 Å². The van der Waals surface area contributed by atoms with Crippen LogP contribution in [0.5, 0.6) is 0 Å². The summed E-state index contributed by atoms with van der Waals surface area (Å²) in [7, 11) is 1.58. The van der Waals surface area contributed by atoms with Crippen LogP contribution in [0.25, 0.3) is 0 Å². The van der Waals surface area contributed by atoms with Crippen molar-refractivity contribution in [3.8, 4) is 0 Å². The first kappa shape index (κ1) is 7.34. The molecule has 1 aliphatic rings. The molecule has 1 saturated carbocycles. The highest BCUT2D eigenvalue weighted by molar-refractivity contribution is 5.74. The van der Waals surface area contributed by atoms with Crippen molar-refractivity contribution in [1.29, 1.82) is 0 Å². The predicted molar refractivity (Wildman–Crippen MR) is 36.6 cm³/mol. The molecule has 3 N–H and O–H groups in total. The molecule has 0 bridgehead atoms. The third kappa shape index (κ3) is 1.60. The predicted octanol–water partition coefficient (Wildman–Crippen LogP) is -0.704. The van der Waals surface area contributed by atoms with E-state index >= 15 is 0 Å². The first-order chi connectivity index (χ1) is 4.77. The quantitative estimate of drug-likeness (QED) is 0.479. The van der Waals surface area contributed by atoms with Crippen LogP contribution in [0.3, 0.4) is 0 Å². The summed E-state index contributed by atoms with van der Waals surface area (Å²) in [5.74, 6) is 0.289. The van der Waals surface area contributed by atoms with E-state index in [1.54, 1.807) is 7.05 Å². The molecule has 1 fully saturated rings. The number of carbonyl (C=O) groups excluding carboxylic acids is 1. The van der Waals surface area contributed by atoms with Gasteiger partial charge in [-0.1, -0.05) is 0 Å². The standard InChI is InChI=1S/C6H12N2O2/c1-7-6(10)8-5-2-4(5)3-9/h4-5,9H,2-3H2,1H3,(H2,7,8,10)/t4-,5+/m0/s1. The molecule has 1 aliphatic carbocycles. The summed E-state index contributed by atoms with van der Waals surface area (Å²) in [6.07, 6.45) is 0.907. The van der Waals surface area contributed by atoms with Gasteiger partial charge in [0.1, 0.15) is 0 Å². The van der Waals surface area contributed by atoms with E-state index in [9.17, 15) is 4.79 Å². The minimum absolute atomic E-state index is 0.166. The Balaban J connectivity index is 2.11. The Morgan fingerprint density at radius 2 is 2.50 bits per heavy atom. The van der Waals surface area contributed by atoms with Crippen molar-refractivity contribution in [2.75, 3.05) is 13.7 Å². The highest BCUT2D eigenvalue weighted by Gasteiger charge is 2.37. The largest absolute Gasteiger partial charge is 0.396 e. The molecular formula is C6H12N2O2. The summed E-state index contributed by atoms with van der Waals surface area (Å²) >= 11 is 0. The van der Waals surface area contributed by atoms with Gasteiger partial charge in [-0.25, -0.2) is 4.79 Å². The number of amides is 2. The third-order valence-electron chi connectivity index (χ3n) is 1.70. The average Bonchev–Trinajstić information content (AvgIpc) is 2.67. The van der Waals surface area contributed by atoms with E-state index in [0.717, 1.165) is 6.42 Å². The van der Waals surface area contributed by atoms with Gasteiger partial charge in [0.2, 0.25) is 0 Å². The Kier molecular flexibility index (Phi) is 2.11. The lowest BCUT2D eigenvalue weighted by Crippen LogP contribution is -2.35. The summed E-state index contributed by atoms with van der Waals surface area (Å²) in [6, 6.07) is 0.0332. The van der Waals surface area contributed by atoms with Crippen LogP contribution in [-0.4, -0.2) is 30.8 Å². The van der Waals surface area contributed by atoms with E-state index in [2.05, 4.69) is 10.6 Å². The second-order valence-corrected chi connectivity index (χ2v) is 2.51. The molecule has 0 radical (unpaired) electrons. The summed E-state index contributed by atoms with van der Waals surface area (Å²) in [4.78, 5) is 10.6. The van der Waals surface area contributed by atoms with Crippen molar-refractivity contribution in [3.63, 3.8) is 0 Å². The normalized spacial score (nSPS) is 29.4. The van der Waals surface area contributed by atoms with E-state index in [4.69, 9.17) is 5.11 Å². The van der Waals surface area contributed by atoms with Gasteiger partial charge in [0.25, 0.3) is 0 Å². The van der Waals surface area contributed by atoms with E-state index < -0.39 is 0 Å². The zero-order valence-electron chi connectivity index (χ0n) is 5.92. The Morgan fingerprint density at radius 1 is 1.80 bits per heavy atom. The second kappa shape index (κ2) is 2.88. The number of aliphatic hydroxyl groups excluding tert-OH is 1. The number of carbonyl (C=O) groups is 1. The Bertz CT molecular complexity index is 138. The van der Waals surface area contributed by atoms with Gasteiger partial charge in [0.05, 0.1) is 0 Å². The lowest BCUT2D eigenvalue weighted by atomic mass is 10.4. The minimum atomic E-state index is -0.166. The molecule has 10 heavy (non-hydrogen) atoms. The van der Waals surface area contributed by atoms with Gasteiger partial charge < -0.3 is 15.7 Å². The maximum Gasteiger partial charge on any atom is 0.314 e. The van der Waals surface area contributed by atoms with E-state index in [0.29, 0.717) is 0 Å². The second-order valence-electron chi connectivity index (χ2n) is 2.51. The maximum absolute atomic E-state index is 10.6. The first-order valence-electron chi connectivity index (χ1n) is 3.37. The molecule has 0 heterocycles. The number of nitrogens with one attached hydrogen (secondary N) is 2. The van der Waals surface area contributed by atoms with Crippen molar-refractivity contribution in [1.82, 2.24) is 10.6 Å². The van der Waals surface area contributed by atoms with Gasteiger partial charge in [-0.15, -0.1) is 0 Å². The van der Waals surface area contributed by atoms with Crippen LogP contribution >= 0.6 is 0 Å². The fourth-order valence-corrected chi connectivity index (χ4v) is 0.867. The lowest BCUT2D eigenvalue weighted by Gasteiger charge is -2.00. The molecule has 2 atom stereocenters. The molecule has 0 aromatic heterocycles. The van der Waals surface area contributed by atoms with Gasteiger partial charge in [0.15, 0.2) is 0 Å². The molecule has 58 valence electrons. The van der Waals surface area contributed by atoms with Crippen LogP contribution < -0.4 is 10.6 Å². The first-order valence-corrected chi connectivity index (χ1v) is 3.37. The van der Waals surface area contributed by atoms with Gasteiger partial charge in [-0.05, 0) is 6.42 Å². The van der Waals surface area contributed by atoms with Crippen molar-refractivity contribution in [2.24, 2.45) is 5.92 Å². The Labute approximate surface area is 59.6 Å². The molecule has 1 rings (SSSR count). The van der Waals surface area contributed by atoms with Crippen LogP contribution in [0.2, 0.25) is 0 Å². The highest BCUT2D eigenvalue weighted by Crippen LogP contribution is 2.28. The SMILES string of the molecule is CNC(=O)N[C@@H]1C[C@H]1CO. The van der Waals surface area contributed by atoms with E-state index in [1.165, 1.54) is 0 Å². The lowest BCUT2D eigenvalue weighted by molar-refractivity contribution is 0.239. The molecule has 0 spiro atoms. The van der Waals surface area contributed by atoms with Crippen molar-refractivity contribution >= 4 is 6.03 Å². The summed E-state index contributed by atoms with van der Waals surface area (Å²) in [5.41, 5.74) is 0. The molecule has 2 amide bonds. The summed E-state index contributed by atoms with van der Waals surface area (Å²) in [6.45, 7) is 0.175. The topological polar surface area (TPSA) is 61.4 Å². The number of urea groups is 1. The zero-order valence-corrected chi connectivity index (χ0v) is 5.92. The van der Waals surface area contributed by atoms with Gasteiger partial charge in [-0.3, -0.25) is 0 Å². The van der Waals surface area contributed by atoms with E-state index in [-0.39, 0.29) is 24.6 Å². The average molecular weight is 144 g/mol. The van der Waals surface area contributed by atoms with Crippen LogP contribution in [0.1, 0.15) is 6.42 Å². The highest BCUT2D eigenvalue weighted by atomic mass is 16.3. The fraction of sp³-hybridized carbons (Fsp3) is 0.833. The Morgan fingerprint density at radius 3 is 2.90 bits per heavy atom. The van der Waals surface area contributed by atoms with Gasteiger partial charge >= 0.3 is 6.03 Å². The van der Waals surface area contributed by atoms with E-state index in [1.807, 2.05) is 0 Å². The number of rotatable bonds is 2. The van der Waals surface area contributed by atoms with Crippen LogP contribution in [0, 0.1) is 5.92 Å². The molecule has 0 saturated heterocycles. The maximum atomic E-state index is 10.6. The summed E-state index contributed by atoms with van der Waals surface area (Å²) < 4.78 is 0. The van der Waals surface area contributed by atoms with Crippen LogP contribution in [0.4, 0.5) is 4.79 Å². The molecule has 0 unspecified atom stereocenters. The Hall–Kier alpha value is -0.770. The molecule has 0 aliphatic heterocycles. The zero-order chi connectivity index (χ0) is 7.56. The summed E-state index contributed by atoms with van der Waals surface area (Å²) in [5, 5.41) is 13.7.